The molecule has 114 valence electrons. The highest BCUT2D eigenvalue weighted by atomic mass is 35.5. The summed E-state index contributed by atoms with van der Waals surface area (Å²) in [5.74, 6) is -2.34. The van der Waals surface area contributed by atoms with Gasteiger partial charge in [0.05, 0.1) is 29.1 Å². The van der Waals surface area contributed by atoms with E-state index < -0.39 is 27.5 Å². The van der Waals surface area contributed by atoms with Gasteiger partial charge in [0.2, 0.25) is 5.91 Å². The smallest absolute Gasteiger partial charge is 0.337 e. The second-order valence-electron chi connectivity index (χ2n) is 4.08. The molecule has 0 aliphatic carbocycles. The van der Waals surface area contributed by atoms with Crippen LogP contribution in [0.1, 0.15) is 10.4 Å². The van der Waals surface area contributed by atoms with Crippen molar-refractivity contribution in [2.75, 3.05) is 23.9 Å². The van der Waals surface area contributed by atoms with Gasteiger partial charge >= 0.3 is 5.97 Å². The first-order valence-electron chi connectivity index (χ1n) is 5.78. The quantitative estimate of drug-likeness (QED) is 0.632. The van der Waals surface area contributed by atoms with Crippen molar-refractivity contribution in [1.82, 2.24) is 0 Å². The Labute approximate surface area is 127 Å². The molecule has 0 unspecified atom stereocenters. The number of esters is 1. The van der Waals surface area contributed by atoms with Crippen LogP contribution in [0.15, 0.2) is 30.9 Å². The van der Waals surface area contributed by atoms with Crippen LogP contribution in [0.2, 0.25) is 5.02 Å². The van der Waals surface area contributed by atoms with Crippen LogP contribution in [0.5, 0.6) is 0 Å². The van der Waals surface area contributed by atoms with Crippen LogP contribution in [-0.2, 0) is 19.4 Å². The van der Waals surface area contributed by atoms with Gasteiger partial charge in [0, 0.05) is 0 Å². The van der Waals surface area contributed by atoms with E-state index in [1.165, 1.54) is 31.4 Å². The predicted molar refractivity (Wildman–Crippen MR) is 80.3 cm³/mol. The van der Waals surface area contributed by atoms with E-state index in [-0.39, 0.29) is 22.0 Å². The van der Waals surface area contributed by atoms with Gasteiger partial charge in [-0.2, -0.15) is 0 Å². The Morgan fingerprint density at radius 2 is 2.10 bits per heavy atom. The fourth-order valence-corrected chi connectivity index (χ4v) is 2.60. The number of rotatable bonds is 6. The lowest BCUT2D eigenvalue weighted by Gasteiger charge is -2.09. The van der Waals surface area contributed by atoms with Gasteiger partial charge in [-0.05, 0) is 18.2 Å². The maximum atomic E-state index is 11.7. The van der Waals surface area contributed by atoms with Crippen molar-refractivity contribution in [2.45, 2.75) is 0 Å². The molecule has 6 nitrogen and oxygen atoms in total. The SMILES string of the molecule is C=CCS(=O)(=O)CC(=O)Nc1cc(C(=O)OC)ccc1Cl. The van der Waals surface area contributed by atoms with Gasteiger partial charge in [0.25, 0.3) is 0 Å². The second-order valence-corrected chi connectivity index (χ2v) is 6.59. The highest BCUT2D eigenvalue weighted by Crippen LogP contribution is 2.23. The van der Waals surface area contributed by atoms with Gasteiger partial charge in [0.15, 0.2) is 9.84 Å². The van der Waals surface area contributed by atoms with E-state index in [1.54, 1.807) is 0 Å². The number of carbonyl (C=O) groups is 2. The Morgan fingerprint density at radius 3 is 2.67 bits per heavy atom. The minimum Gasteiger partial charge on any atom is -0.465 e. The molecule has 0 saturated carbocycles. The maximum Gasteiger partial charge on any atom is 0.337 e. The van der Waals surface area contributed by atoms with E-state index in [2.05, 4.69) is 16.6 Å². The lowest BCUT2D eigenvalue weighted by Crippen LogP contribution is -2.24. The summed E-state index contributed by atoms with van der Waals surface area (Å²) in [5.41, 5.74) is 0.324. The molecule has 1 aromatic rings. The molecule has 1 aromatic carbocycles. The zero-order valence-electron chi connectivity index (χ0n) is 11.3. The van der Waals surface area contributed by atoms with Crippen molar-refractivity contribution in [3.05, 3.63) is 41.4 Å². The molecule has 0 fully saturated rings. The van der Waals surface area contributed by atoms with Gasteiger partial charge < -0.3 is 10.1 Å². The molecule has 0 saturated heterocycles. The van der Waals surface area contributed by atoms with Crippen LogP contribution in [-0.4, -0.2) is 38.9 Å². The first kappa shape index (κ1) is 17.2. The molecular formula is C13H14ClNO5S. The molecular weight excluding hydrogens is 318 g/mol. The Kier molecular flexibility index (Phi) is 5.92. The van der Waals surface area contributed by atoms with Crippen LogP contribution in [0.4, 0.5) is 5.69 Å². The summed E-state index contributed by atoms with van der Waals surface area (Å²) in [4.78, 5) is 23.1. The van der Waals surface area contributed by atoms with Gasteiger partial charge in [-0.3, -0.25) is 4.79 Å². The number of hydrogen-bond acceptors (Lipinski definition) is 5. The number of carbonyl (C=O) groups excluding carboxylic acids is 2. The number of amides is 1. The van der Waals surface area contributed by atoms with Crippen molar-refractivity contribution in [2.24, 2.45) is 0 Å². The van der Waals surface area contributed by atoms with E-state index in [4.69, 9.17) is 11.6 Å². The summed E-state index contributed by atoms with van der Waals surface area (Å²) < 4.78 is 27.5. The van der Waals surface area contributed by atoms with Crippen LogP contribution < -0.4 is 5.32 Å². The number of hydrogen-bond donors (Lipinski definition) is 1. The lowest BCUT2D eigenvalue weighted by molar-refractivity contribution is -0.113. The number of ether oxygens (including phenoxy) is 1. The number of methoxy groups -OCH3 is 1. The van der Waals surface area contributed by atoms with Gasteiger partial charge in [0.1, 0.15) is 5.75 Å². The molecule has 0 aliphatic rings. The topological polar surface area (TPSA) is 89.5 Å². The molecule has 0 radical (unpaired) electrons. The Bertz CT molecular complexity index is 669. The molecule has 1 amide bonds. The maximum absolute atomic E-state index is 11.7. The third kappa shape index (κ3) is 5.20. The molecule has 0 bridgehead atoms. The van der Waals surface area contributed by atoms with Crippen LogP contribution >= 0.6 is 11.6 Å². The Morgan fingerprint density at radius 1 is 1.43 bits per heavy atom. The summed E-state index contributed by atoms with van der Waals surface area (Å²) in [7, 11) is -2.34. The standard InChI is InChI=1S/C13H14ClNO5S/c1-3-6-21(18,19)8-12(16)15-11-7-9(13(17)20-2)4-5-10(11)14/h3-5,7H,1,6,8H2,2H3,(H,15,16). The summed E-state index contributed by atoms with van der Waals surface area (Å²) in [6, 6.07) is 4.14. The third-order valence-electron chi connectivity index (χ3n) is 2.38. The Hall–Kier alpha value is -1.86. The second kappa shape index (κ2) is 7.24. The molecule has 0 heterocycles. The summed E-state index contributed by atoms with van der Waals surface area (Å²) >= 11 is 5.89. The van der Waals surface area contributed by atoms with Crippen molar-refractivity contribution >= 4 is 39.0 Å². The predicted octanol–water partition coefficient (Wildman–Crippen LogP) is 1.67. The number of benzene rings is 1. The van der Waals surface area contributed by atoms with Crippen molar-refractivity contribution in [3.8, 4) is 0 Å². The Balaban J connectivity index is 2.90. The number of sulfone groups is 1. The first-order valence-corrected chi connectivity index (χ1v) is 7.98. The molecule has 8 heteroatoms. The molecule has 0 aliphatic heterocycles. The fourth-order valence-electron chi connectivity index (χ4n) is 1.49. The fraction of sp³-hybridized carbons (Fsp3) is 0.231. The van der Waals surface area contributed by atoms with Crippen LogP contribution in [0.3, 0.4) is 0 Å². The largest absolute Gasteiger partial charge is 0.465 e. The molecule has 0 atom stereocenters. The molecule has 0 spiro atoms. The minimum absolute atomic E-state index is 0.137. The molecule has 1 rings (SSSR count). The van der Waals surface area contributed by atoms with E-state index in [0.29, 0.717) is 0 Å². The number of nitrogens with one attached hydrogen (secondary N) is 1. The molecule has 21 heavy (non-hydrogen) atoms. The number of halogens is 1. The van der Waals surface area contributed by atoms with Gasteiger partial charge in [-0.1, -0.05) is 17.7 Å². The van der Waals surface area contributed by atoms with E-state index in [9.17, 15) is 18.0 Å². The van der Waals surface area contributed by atoms with E-state index in [0.717, 1.165) is 0 Å². The minimum atomic E-state index is -3.56. The number of anilines is 1. The zero-order valence-corrected chi connectivity index (χ0v) is 12.8. The lowest BCUT2D eigenvalue weighted by atomic mass is 10.2. The van der Waals surface area contributed by atoms with Gasteiger partial charge in [-0.25, -0.2) is 13.2 Å². The highest BCUT2D eigenvalue weighted by molar-refractivity contribution is 7.92. The van der Waals surface area contributed by atoms with Crippen molar-refractivity contribution < 1.29 is 22.7 Å². The third-order valence-corrected chi connectivity index (χ3v) is 4.16. The zero-order chi connectivity index (χ0) is 16.0. The monoisotopic (exact) mass is 331 g/mol. The summed E-state index contributed by atoms with van der Waals surface area (Å²) in [5, 5.41) is 2.53. The summed E-state index contributed by atoms with van der Waals surface area (Å²) in [6.45, 7) is 3.31. The average molecular weight is 332 g/mol. The van der Waals surface area contributed by atoms with E-state index in [1.807, 2.05) is 0 Å². The summed E-state index contributed by atoms with van der Waals surface area (Å²) in [6.07, 6.45) is 1.20. The molecule has 1 N–H and O–H groups in total. The normalized spacial score (nSPS) is 10.8. The van der Waals surface area contributed by atoms with Crippen molar-refractivity contribution in [1.29, 1.82) is 0 Å². The first-order chi connectivity index (χ1) is 9.79. The van der Waals surface area contributed by atoms with Gasteiger partial charge in [-0.15, -0.1) is 6.58 Å². The van der Waals surface area contributed by atoms with E-state index >= 15 is 0 Å². The van der Waals surface area contributed by atoms with Crippen LogP contribution in [0.25, 0.3) is 0 Å². The van der Waals surface area contributed by atoms with Crippen molar-refractivity contribution in [3.63, 3.8) is 0 Å². The highest BCUT2D eigenvalue weighted by Gasteiger charge is 2.17. The van der Waals surface area contributed by atoms with Crippen LogP contribution in [0, 0.1) is 0 Å². The average Bonchev–Trinajstić information content (AvgIpc) is 2.39. The molecule has 0 aromatic heterocycles.